The third-order valence-corrected chi connectivity index (χ3v) is 5.26. The van der Waals surface area contributed by atoms with E-state index in [1.807, 2.05) is 66.6 Å². The lowest BCUT2D eigenvalue weighted by molar-refractivity contribution is 0.461. The molecule has 0 saturated carbocycles. The summed E-state index contributed by atoms with van der Waals surface area (Å²) in [6, 6.07) is 13.0. The van der Waals surface area contributed by atoms with Gasteiger partial charge in [-0.3, -0.25) is 0 Å². The molecule has 0 N–H and O–H groups in total. The molecule has 3 heterocycles. The maximum Gasteiger partial charge on any atom is 0.256 e. The monoisotopic (exact) mass is 367 g/mol. The summed E-state index contributed by atoms with van der Waals surface area (Å²) in [6.45, 7) is 2.32. The van der Waals surface area contributed by atoms with Gasteiger partial charge < -0.3 is 9.64 Å². The summed E-state index contributed by atoms with van der Waals surface area (Å²) in [4.78, 5) is 6.17. The van der Waals surface area contributed by atoms with Crippen molar-refractivity contribution in [2.75, 3.05) is 12.3 Å². The Bertz CT molecular complexity index is 1040. The predicted octanol–water partition coefficient (Wildman–Crippen LogP) is 3.14. The SMILES string of the molecule is Cc1cccc(Oc2ccc(C3=CC=CN4CCS(=O)(=O)N=C34)cc2)n1. The molecular weight excluding hydrogens is 350 g/mol. The summed E-state index contributed by atoms with van der Waals surface area (Å²) in [6.07, 6.45) is 5.61. The van der Waals surface area contributed by atoms with Gasteiger partial charge in [-0.25, -0.2) is 13.4 Å². The van der Waals surface area contributed by atoms with E-state index in [-0.39, 0.29) is 5.75 Å². The number of hydrogen-bond donors (Lipinski definition) is 0. The van der Waals surface area contributed by atoms with Gasteiger partial charge in [0.1, 0.15) is 5.75 Å². The summed E-state index contributed by atoms with van der Waals surface area (Å²) in [5.74, 6) is 1.69. The first-order valence-corrected chi connectivity index (χ1v) is 9.81. The average Bonchev–Trinajstić information content (AvgIpc) is 2.61. The molecule has 26 heavy (non-hydrogen) atoms. The molecule has 132 valence electrons. The molecule has 0 aliphatic carbocycles. The van der Waals surface area contributed by atoms with E-state index in [4.69, 9.17) is 4.74 Å². The minimum absolute atomic E-state index is 0.0321. The van der Waals surface area contributed by atoms with Crippen LogP contribution in [0.5, 0.6) is 11.6 Å². The summed E-state index contributed by atoms with van der Waals surface area (Å²) < 4.78 is 33.5. The number of hydrogen-bond acceptors (Lipinski definition) is 5. The van der Waals surface area contributed by atoms with Gasteiger partial charge in [-0.2, -0.15) is 0 Å². The second-order valence-corrected chi connectivity index (χ2v) is 7.81. The molecule has 0 saturated heterocycles. The number of amidine groups is 1. The van der Waals surface area contributed by atoms with Gasteiger partial charge in [0.2, 0.25) is 5.88 Å². The van der Waals surface area contributed by atoms with E-state index in [0.717, 1.165) is 16.8 Å². The van der Waals surface area contributed by atoms with Crippen molar-refractivity contribution in [3.8, 4) is 11.6 Å². The fraction of sp³-hybridized carbons (Fsp3) is 0.158. The molecule has 0 atom stereocenters. The van der Waals surface area contributed by atoms with E-state index >= 15 is 0 Å². The van der Waals surface area contributed by atoms with Crippen LogP contribution in [-0.4, -0.2) is 36.4 Å². The molecule has 2 aromatic rings. The average molecular weight is 367 g/mol. The minimum atomic E-state index is -3.41. The van der Waals surface area contributed by atoms with Gasteiger partial charge in [0.15, 0.2) is 5.84 Å². The van der Waals surface area contributed by atoms with E-state index in [2.05, 4.69) is 9.38 Å². The molecule has 4 rings (SSSR count). The number of benzene rings is 1. The Hall–Kier alpha value is -2.93. The number of aromatic nitrogens is 1. The van der Waals surface area contributed by atoms with Crippen LogP contribution in [0.25, 0.3) is 5.57 Å². The molecule has 6 nitrogen and oxygen atoms in total. The zero-order valence-corrected chi connectivity index (χ0v) is 15.0. The third-order valence-electron chi connectivity index (χ3n) is 4.11. The number of pyridine rings is 1. The van der Waals surface area contributed by atoms with E-state index < -0.39 is 10.0 Å². The molecule has 0 fully saturated rings. The van der Waals surface area contributed by atoms with Crippen molar-refractivity contribution in [3.63, 3.8) is 0 Å². The van der Waals surface area contributed by atoms with Gasteiger partial charge in [0, 0.05) is 30.1 Å². The molecular formula is C19H17N3O3S. The molecule has 0 radical (unpaired) electrons. The Kier molecular flexibility index (Phi) is 4.08. The standard InChI is InChI=1S/C19H17N3O3S/c1-14-4-2-6-18(20-14)25-16-9-7-15(8-10-16)17-5-3-11-22-12-13-26(23,24)21-19(17)22/h2-11H,12-13H2,1H3. The van der Waals surface area contributed by atoms with Crippen LogP contribution in [0.3, 0.4) is 0 Å². The van der Waals surface area contributed by atoms with Crippen molar-refractivity contribution >= 4 is 21.4 Å². The topological polar surface area (TPSA) is 71.9 Å². The Morgan fingerprint density at radius 3 is 2.69 bits per heavy atom. The minimum Gasteiger partial charge on any atom is -0.439 e. The molecule has 1 aromatic heterocycles. The highest BCUT2D eigenvalue weighted by Gasteiger charge is 2.27. The highest BCUT2D eigenvalue weighted by atomic mass is 32.2. The first-order chi connectivity index (χ1) is 12.5. The third kappa shape index (κ3) is 3.39. The molecule has 0 spiro atoms. The molecule has 7 heteroatoms. The smallest absolute Gasteiger partial charge is 0.256 e. The number of nitrogens with zero attached hydrogens (tertiary/aromatic N) is 3. The lowest BCUT2D eigenvalue weighted by Crippen LogP contribution is -2.37. The number of ether oxygens (including phenoxy) is 1. The van der Waals surface area contributed by atoms with Crippen LogP contribution in [0.2, 0.25) is 0 Å². The van der Waals surface area contributed by atoms with Gasteiger partial charge in [0.05, 0.1) is 5.75 Å². The highest BCUT2D eigenvalue weighted by molar-refractivity contribution is 7.90. The summed E-state index contributed by atoms with van der Waals surface area (Å²) in [5, 5.41) is 0. The number of fused-ring (bicyclic) bond motifs is 1. The van der Waals surface area contributed by atoms with Crippen molar-refractivity contribution in [1.82, 2.24) is 9.88 Å². The number of sulfonamides is 1. The Balaban J connectivity index is 1.61. The lowest BCUT2D eigenvalue weighted by Gasteiger charge is -2.29. The fourth-order valence-electron chi connectivity index (χ4n) is 2.84. The molecule has 2 aliphatic rings. The highest BCUT2D eigenvalue weighted by Crippen LogP contribution is 2.28. The van der Waals surface area contributed by atoms with Crippen LogP contribution in [0.15, 0.2) is 65.2 Å². The Morgan fingerprint density at radius 2 is 1.92 bits per heavy atom. The number of aryl methyl sites for hydroxylation is 1. The quantitative estimate of drug-likeness (QED) is 0.833. The second-order valence-electron chi connectivity index (χ2n) is 6.06. The van der Waals surface area contributed by atoms with E-state index in [9.17, 15) is 8.42 Å². The molecule has 2 aliphatic heterocycles. The maximum atomic E-state index is 11.9. The Morgan fingerprint density at radius 1 is 1.12 bits per heavy atom. The van der Waals surface area contributed by atoms with Crippen molar-refractivity contribution in [2.45, 2.75) is 6.92 Å². The van der Waals surface area contributed by atoms with Crippen molar-refractivity contribution in [1.29, 1.82) is 0 Å². The van der Waals surface area contributed by atoms with E-state index in [1.165, 1.54) is 0 Å². The van der Waals surface area contributed by atoms with Crippen LogP contribution < -0.4 is 4.74 Å². The van der Waals surface area contributed by atoms with Crippen molar-refractivity contribution < 1.29 is 13.2 Å². The first kappa shape index (κ1) is 16.5. The normalized spacial score (nSPS) is 18.0. The van der Waals surface area contributed by atoms with Gasteiger partial charge in [-0.05, 0) is 42.8 Å². The molecule has 0 unspecified atom stereocenters. The maximum absolute atomic E-state index is 11.9. The Labute approximate surface area is 152 Å². The largest absolute Gasteiger partial charge is 0.439 e. The van der Waals surface area contributed by atoms with Crippen molar-refractivity contribution in [2.24, 2.45) is 4.40 Å². The predicted molar refractivity (Wildman–Crippen MR) is 101 cm³/mol. The fourth-order valence-corrected chi connectivity index (χ4v) is 3.83. The van der Waals surface area contributed by atoms with E-state index in [1.54, 1.807) is 6.07 Å². The van der Waals surface area contributed by atoms with Crippen LogP contribution >= 0.6 is 0 Å². The van der Waals surface area contributed by atoms with Crippen molar-refractivity contribution in [3.05, 3.63) is 72.1 Å². The van der Waals surface area contributed by atoms with E-state index in [0.29, 0.717) is 24.0 Å². The zero-order chi connectivity index (χ0) is 18.1. The number of allylic oxidation sites excluding steroid dienone is 2. The van der Waals surface area contributed by atoms with Crippen LogP contribution in [0, 0.1) is 6.92 Å². The van der Waals surface area contributed by atoms with Gasteiger partial charge in [-0.15, -0.1) is 4.40 Å². The van der Waals surface area contributed by atoms with Crippen LogP contribution in [-0.2, 0) is 10.0 Å². The van der Waals surface area contributed by atoms with Crippen LogP contribution in [0.1, 0.15) is 11.3 Å². The van der Waals surface area contributed by atoms with Gasteiger partial charge >= 0.3 is 0 Å². The lowest BCUT2D eigenvalue weighted by atomic mass is 10.0. The van der Waals surface area contributed by atoms with Gasteiger partial charge in [0.25, 0.3) is 10.0 Å². The van der Waals surface area contributed by atoms with Gasteiger partial charge in [-0.1, -0.05) is 18.2 Å². The summed E-state index contributed by atoms with van der Waals surface area (Å²) >= 11 is 0. The first-order valence-electron chi connectivity index (χ1n) is 8.20. The molecule has 0 amide bonds. The molecule has 0 bridgehead atoms. The molecule has 1 aromatic carbocycles. The second kappa shape index (κ2) is 6.42. The number of rotatable bonds is 3. The zero-order valence-electron chi connectivity index (χ0n) is 14.2. The van der Waals surface area contributed by atoms with Crippen LogP contribution in [0.4, 0.5) is 0 Å². The summed E-state index contributed by atoms with van der Waals surface area (Å²) in [5.41, 5.74) is 2.53. The summed E-state index contributed by atoms with van der Waals surface area (Å²) in [7, 11) is -3.41.